The van der Waals surface area contributed by atoms with E-state index in [0.29, 0.717) is 6.42 Å². The SMILES string of the molecule is CCC(COC(=O)Cc1ccccc1)NC(=O)OC(C)(C)C. The molecule has 0 saturated heterocycles. The molecule has 22 heavy (non-hydrogen) atoms. The van der Waals surface area contributed by atoms with Crippen molar-refractivity contribution in [1.82, 2.24) is 5.32 Å². The van der Waals surface area contributed by atoms with Crippen LogP contribution in [-0.2, 0) is 20.7 Å². The van der Waals surface area contributed by atoms with Crippen molar-refractivity contribution in [1.29, 1.82) is 0 Å². The Kier molecular flexibility index (Phi) is 6.89. The topological polar surface area (TPSA) is 64.6 Å². The van der Waals surface area contributed by atoms with Gasteiger partial charge in [0.1, 0.15) is 12.2 Å². The van der Waals surface area contributed by atoms with Crippen LogP contribution in [0.5, 0.6) is 0 Å². The lowest BCUT2D eigenvalue weighted by molar-refractivity contribution is -0.143. The van der Waals surface area contributed by atoms with Gasteiger partial charge in [-0.05, 0) is 32.8 Å². The Hall–Kier alpha value is -2.04. The number of carbonyl (C=O) groups is 2. The Morgan fingerprint density at radius 2 is 1.82 bits per heavy atom. The summed E-state index contributed by atoms with van der Waals surface area (Å²) in [4.78, 5) is 23.5. The zero-order chi connectivity index (χ0) is 16.6. The fourth-order valence-corrected chi connectivity index (χ4v) is 1.74. The molecule has 0 aliphatic rings. The maximum atomic E-state index is 11.8. The summed E-state index contributed by atoms with van der Waals surface area (Å²) < 4.78 is 10.4. The van der Waals surface area contributed by atoms with Gasteiger partial charge in [-0.1, -0.05) is 37.3 Å². The number of carbonyl (C=O) groups excluding carboxylic acids is 2. The van der Waals surface area contributed by atoms with Crippen LogP contribution in [0.3, 0.4) is 0 Å². The van der Waals surface area contributed by atoms with Crippen molar-refractivity contribution in [3.63, 3.8) is 0 Å². The molecule has 1 N–H and O–H groups in total. The highest BCUT2D eigenvalue weighted by Crippen LogP contribution is 2.07. The zero-order valence-corrected chi connectivity index (χ0v) is 13.7. The Labute approximate surface area is 132 Å². The van der Waals surface area contributed by atoms with Gasteiger partial charge in [-0.25, -0.2) is 4.79 Å². The lowest BCUT2D eigenvalue weighted by Crippen LogP contribution is -2.41. The van der Waals surface area contributed by atoms with E-state index in [-0.39, 0.29) is 25.0 Å². The van der Waals surface area contributed by atoms with Crippen LogP contribution in [0.15, 0.2) is 30.3 Å². The van der Waals surface area contributed by atoms with E-state index < -0.39 is 11.7 Å². The average molecular weight is 307 g/mol. The number of rotatable bonds is 6. The van der Waals surface area contributed by atoms with E-state index >= 15 is 0 Å². The number of hydrogen-bond acceptors (Lipinski definition) is 4. The van der Waals surface area contributed by atoms with Crippen molar-refractivity contribution in [2.45, 2.75) is 52.2 Å². The Morgan fingerprint density at radius 3 is 2.36 bits per heavy atom. The molecule has 1 rings (SSSR count). The first-order valence-corrected chi connectivity index (χ1v) is 7.49. The van der Waals surface area contributed by atoms with Crippen LogP contribution < -0.4 is 5.32 Å². The zero-order valence-electron chi connectivity index (χ0n) is 13.7. The standard InChI is InChI=1S/C17H25NO4/c1-5-14(18-16(20)22-17(2,3)4)12-21-15(19)11-13-9-7-6-8-10-13/h6-10,14H,5,11-12H2,1-4H3,(H,18,20). The molecular weight excluding hydrogens is 282 g/mol. The molecule has 1 atom stereocenters. The predicted molar refractivity (Wildman–Crippen MR) is 84.6 cm³/mol. The van der Waals surface area contributed by atoms with E-state index in [9.17, 15) is 9.59 Å². The summed E-state index contributed by atoms with van der Waals surface area (Å²) >= 11 is 0. The fourth-order valence-electron chi connectivity index (χ4n) is 1.74. The maximum absolute atomic E-state index is 11.8. The molecule has 5 heteroatoms. The summed E-state index contributed by atoms with van der Waals surface area (Å²) in [5, 5.41) is 2.70. The van der Waals surface area contributed by atoms with Crippen LogP contribution in [0, 0.1) is 0 Å². The second-order valence-electron chi connectivity index (χ2n) is 6.10. The summed E-state index contributed by atoms with van der Waals surface area (Å²) in [5.74, 6) is -0.310. The first-order chi connectivity index (χ1) is 10.3. The third kappa shape index (κ3) is 7.67. The van der Waals surface area contributed by atoms with Crippen molar-refractivity contribution in [2.75, 3.05) is 6.61 Å². The summed E-state index contributed by atoms with van der Waals surface area (Å²) in [6.07, 6.45) is 0.375. The van der Waals surface area contributed by atoms with E-state index in [0.717, 1.165) is 5.56 Å². The molecule has 0 aromatic heterocycles. The van der Waals surface area contributed by atoms with Crippen LogP contribution in [0.2, 0.25) is 0 Å². The highest BCUT2D eigenvalue weighted by atomic mass is 16.6. The van der Waals surface area contributed by atoms with E-state index in [1.807, 2.05) is 37.3 Å². The van der Waals surface area contributed by atoms with Crippen molar-refractivity contribution in [3.8, 4) is 0 Å². The highest BCUT2D eigenvalue weighted by molar-refractivity contribution is 5.72. The van der Waals surface area contributed by atoms with Gasteiger partial charge in [0, 0.05) is 0 Å². The monoisotopic (exact) mass is 307 g/mol. The average Bonchev–Trinajstić information content (AvgIpc) is 2.42. The van der Waals surface area contributed by atoms with Gasteiger partial charge in [-0.15, -0.1) is 0 Å². The predicted octanol–water partition coefficient (Wildman–Crippen LogP) is 3.08. The first kappa shape index (κ1) is 18.0. The molecule has 0 heterocycles. The molecule has 0 bridgehead atoms. The number of amides is 1. The molecule has 1 unspecified atom stereocenters. The Balaban J connectivity index is 2.37. The summed E-state index contributed by atoms with van der Waals surface area (Å²) in [5.41, 5.74) is 0.354. The molecular formula is C17H25NO4. The quantitative estimate of drug-likeness (QED) is 0.820. The molecule has 0 aliphatic carbocycles. The molecule has 1 aromatic rings. The third-order valence-corrected chi connectivity index (χ3v) is 2.85. The molecule has 5 nitrogen and oxygen atoms in total. The van der Waals surface area contributed by atoms with Crippen LogP contribution in [0.25, 0.3) is 0 Å². The third-order valence-electron chi connectivity index (χ3n) is 2.85. The molecule has 1 aromatic carbocycles. The number of hydrogen-bond donors (Lipinski definition) is 1. The minimum atomic E-state index is -0.549. The second-order valence-corrected chi connectivity index (χ2v) is 6.10. The van der Waals surface area contributed by atoms with Crippen molar-refractivity contribution >= 4 is 12.1 Å². The maximum Gasteiger partial charge on any atom is 0.407 e. The lowest BCUT2D eigenvalue weighted by atomic mass is 10.1. The van der Waals surface area contributed by atoms with Crippen LogP contribution >= 0.6 is 0 Å². The minimum absolute atomic E-state index is 0.140. The smallest absolute Gasteiger partial charge is 0.407 e. The van der Waals surface area contributed by atoms with Crippen molar-refractivity contribution in [3.05, 3.63) is 35.9 Å². The van der Waals surface area contributed by atoms with Gasteiger partial charge in [-0.3, -0.25) is 4.79 Å². The Morgan fingerprint density at radius 1 is 1.18 bits per heavy atom. The van der Waals surface area contributed by atoms with Crippen molar-refractivity contribution < 1.29 is 19.1 Å². The van der Waals surface area contributed by atoms with Crippen LogP contribution in [0.1, 0.15) is 39.7 Å². The highest BCUT2D eigenvalue weighted by Gasteiger charge is 2.19. The lowest BCUT2D eigenvalue weighted by Gasteiger charge is -2.23. The first-order valence-electron chi connectivity index (χ1n) is 7.49. The molecule has 0 aliphatic heterocycles. The van der Waals surface area contributed by atoms with Gasteiger partial charge < -0.3 is 14.8 Å². The number of benzene rings is 1. The minimum Gasteiger partial charge on any atom is -0.463 e. The largest absolute Gasteiger partial charge is 0.463 e. The Bertz CT molecular complexity index is 479. The molecule has 0 spiro atoms. The second kappa shape index (κ2) is 8.41. The molecule has 0 saturated carbocycles. The van der Waals surface area contributed by atoms with E-state index in [1.54, 1.807) is 20.8 Å². The van der Waals surface area contributed by atoms with Gasteiger partial charge in [0.25, 0.3) is 0 Å². The van der Waals surface area contributed by atoms with Gasteiger partial charge in [0.2, 0.25) is 0 Å². The number of esters is 1. The van der Waals surface area contributed by atoms with Gasteiger partial charge in [0.05, 0.1) is 12.5 Å². The number of ether oxygens (including phenoxy) is 2. The fraction of sp³-hybridized carbons (Fsp3) is 0.529. The van der Waals surface area contributed by atoms with E-state index in [2.05, 4.69) is 5.32 Å². The van der Waals surface area contributed by atoms with Crippen molar-refractivity contribution in [2.24, 2.45) is 0 Å². The molecule has 1 amide bonds. The summed E-state index contributed by atoms with van der Waals surface area (Å²) in [6.45, 7) is 7.45. The summed E-state index contributed by atoms with van der Waals surface area (Å²) in [7, 11) is 0. The van der Waals surface area contributed by atoms with E-state index in [4.69, 9.17) is 9.47 Å². The summed E-state index contributed by atoms with van der Waals surface area (Å²) in [6, 6.07) is 9.14. The van der Waals surface area contributed by atoms with Crippen LogP contribution in [-0.4, -0.2) is 30.3 Å². The normalized spacial score (nSPS) is 12.4. The molecule has 122 valence electrons. The van der Waals surface area contributed by atoms with Crippen LogP contribution in [0.4, 0.5) is 4.79 Å². The van der Waals surface area contributed by atoms with Gasteiger partial charge in [0.15, 0.2) is 0 Å². The number of nitrogens with one attached hydrogen (secondary N) is 1. The molecule has 0 radical (unpaired) electrons. The van der Waals surface area contributed by atoms with E-state index in [1.165, 1.54) is 0 Å². The molecule has 0 fully saturated rings. The van der Waals surface area contributed by atoms with Gasteiger partial charge in [-0.2, -0.15) is 0 Å². The van der Waals surface area contributed by atoms with Gasteiger partial charge >= 0.3 is 12.1 Å². The number of alkyl carbamates (subject to hydrolysis) is 1.